The minimum Gasteiger partial charge on any atom is -0.489 e. The van der Waals surface area contributed by atoms with E-state index in [1.165, 1.54) is 17.7 Å². The van der Waals surface area contributed by atoms with Crippen molar-refractivity contribution in [1.29, 1.82) is 0 Å². The van der Waals surface area contributed by atoms with E-state index in [2.05, 4.69) is 26.1 Å². The summed E-state index contributed by atoms with van der Waals surface area (Å²) < 4.78 is 43.3. The van der Waals surface area contributed by atoms with Crippen LogP contribution in [0.4, 0.5) is 4.39 Å². The van der Waals surface area contributed by atoms with Gasteiger partial charge < -0.3 is 10.1 Å². The molecule has 0 radical (unpaired) electrons. The van der Waals surface area contributed by atoms with Gasteiger partial charge in [0.2, 0.25) is 10.0 Å². The average molecular weight is 425 g/mol. The maximum Gasteiger partial charge on any atom is 0.267 e. The lowest BCUT2D eigenvalue weighted by atomic mass is 10.1. The minimum absolute atomic E-state index is 0.135. The fourth-order valence-corrected chi connectivity index (χ4v) is 2.74. The van der Waals surface area contributed by atoms with E-state index < -0.39 is 21.7 Å². The van der Waals surface area contributed by atoms with Crippen LogP contribution < -0.4 is 14.8 Å². The molecule has 0 saturated carbocycles. The molecule has 2 aromatic rings. The summed E-state index contributed by atoms with van der Waals surface area (Å²) in [5, 5.41) is 3.11. The molecule has 0 atom stereocenters. The Kier molecular flexibility index (Phi) is 10.3. The first kappa shape index (κ1) is 24.6. The van der Waals surface area contributed by atoms with E-state index >= 15 is 0 Å². The maximum atomic E-state index is 14.0. The van der Waals surface area contributed by atoms with Gasteiger partial charge in [0, 0.05) is 0 Å². The highest BCUT2D eigenvalue weighted by molar-refractivity contribution is 7.89. The van der Waals surface area contributed by atoms with Gasteiger partial charge in [-0.1, -0.05) is 39.0 Å². The van der Waals surface area contributed by atoms with Crippen LogP contribution >= 0.6 is 0 Å². The summed E-state index contributed by atoms with van der Waals surface area (Å²) in [6.07, 6.45) is 1.76. The molecule has 2 aromatic carbocycles. The number of carbonyl (C=O) groups is 1. The molecule has 0 unspecified atom stereocenters. The lowest BCUT2D eigenvalue weighted by Crippen LogP contribution is -2.30. The summed E-state index contributed by atoms with van der Waals surface area (Å²) >= 11 is 0. The zero-order valence-electron chi connectivity index (χ0n) is 17.3. The molecule has 1 amide bonds. The molecule has 0 saturated heterocycles. The van der Waals surface area contributed by atoms with Crippen LogP contribution in [0.2, 0.25) is 0 Å². The van der Waals surface area contributed by atoms with Crippen molar-refractivity contribution in [3.8, 4) is 5.75 Å². The van der Waals surface area contributed by atoms with Crippen LogP contribution in [0, 0.1) is 5.82 Å². The van der Waals surface area contributed by atoms with Crippen LogP contribution in [0.3, 0.4) is 0 Å². The third-order valence-corrected chi connectivity index (χ3v) is 4.35. The van der Waals surface area contributed by atoms with Gasteiger partial charge in [0.05, 0.1) is 11.8 Å². The van der Waals surface area contributed by atoms with Crippen molar-refractivity contribution < 1.29 is 22.3 Å². The molecule has 0 fully saturated rings. The van der Waals surface area contributed by atoms with Crippen molar-refractivity contribution in [3.05, 3.63) is 65.0 Å². The van der Waals surface area contributed by atoms with Gasteiger partial charge in [0.25, 0.3) is 5.91 Å². The number of rotatable bonds is 8. The standard InChI is InChI=1S/C17H18FNO4S.C4H11N/c1-3-12-4-7-14(8-5-12)23-11-13-6-9-15(16(18)10-13)17(20)19-24(2,21)22;1-3-5-4-2/h4-10H,3,11H2,1-2H3,(H,19,20);5H,3-4H2,1-2H3. The molecule has 0 bridgehead atoms. The first-order valence-electron chi connectivity index (χ1n) is 9.43. The molecule has 0 aliphatic heterocycles. The molecule has 29 heavy (non-hydrogen) atoms. The lowest BCUT2D eigenvalue weighted by molar-refractivity contribution is 0.0977. The van der Waals surface area contributed by atoms with E-state index in [4.69, 9.17) is 4.74 Å². The Balaban J connectivity index is 0.000000749. The molecule has 0 spiro atoms. The topological polar surface area (TPSA) is 84.5 Å². The van der Waals surface area contributed by atoms with E-state index in [1.807, 2.05) is 24.3 Å². The Bertz CT molecular complexity index is 882. The number of carbonyl (C=O) groups excluding carboxylic acids is 1. The molecule has 160 valence electrons. The quantitative estimate of drug-likeness (QED) is 0.679. The van der Waals surface area contributed by atoms with E-state index in [-0.39, 0.29) is 12.2 Å². The number of halogens is 1. The molecular formula is C21H29FN2O4S. The summed E-state index contributed by atoms with van der Waals surface area (Å²) in [6.45, 7) is 8.58. The highest BCUT2D eigenvalue weighted by Crippen LogP contribution is 2.16. The molecule has 2 N–H and O–H groups in total. The fraction of sp³-hybridized carbons (Fsp3) is 0.381. The van der Waals surface area contributed by atoms with E-state index in [1.54, 1.807) is 4.72 Å². The van der Waals surface area contributed by atoms with Gasteiger partial charge in [-0.25, -0.2) is 17.5 Å². The van der Waals surface area contributed by atoms with Gasteiger partial charge in [-0.05, 0) is 54.9 Å². The maximum absolute atomic E-state index is 14.0. The van der Waals surface area contributed by atoms with Gasteiger partial charge >= 0.3 is 0 Å². The lowest BCUT2D eigenvalue weighted by Gasteiger charge is -2.09. The van der Waals surface area contributed by atoms with Gasteiger partial charge in [0.15, 0.2) is 0 Å². The first-order chi connectivity index (χ1) is 13.7. The number of amides is 1. The van der Waals surface area contributed by atoms with Crippen molar-refractivity contribution >= 4 is 15.9 Å². The Morgan fingerprint density at radius 1 is 1.00 bits per heavy atom. The third kappa shape index (κ3) is 9.54. The van der Waals surface area contributed by atoms with Crippen LogP contribution in [0.1, 0.15) is 42.3 Å². The number of nitrogens with one attached hydrogen (secondary N) is 2. The number of ether oxygens (including phenoxy) is 1. The SMILES string of the molecule is CCNCC.CCc1ccc(OCc2ccc(C(=O)NS(C)(=O)=O)c(F)c2)cc1. The summed E-state index contributed by atoms with van der Waals surface area (Å²) in [5.74, 6) is -1.15. The minimum atomic E-state index is -3.74. The highest BCUT2D eigenvalue weighted by Gasteiger charge is 2.16. The molecular weight excluding hydrogens is 395 g/mol. The summed E-state index contributed by atoms with van der Waals surface area (Å²) in [5.41, 5.74) is 1.38. The van der Waals surface area contributed by atoms with Gasteiger partial charge in [-0.2, -0.15) is 0 Å². The van der Waals surface area contributed by atoms with Gasteiger partial charge in [-0.3, -0.25) is 4.79 Å². The number of hydrogen-bond acceptors (Lipinski definition) is 5. The second-order valence-corrected chi connectivity index (χ2v) is 8.01. The van der Waals surface area contributed by atoms with E-state index in [9.17, 15) is 17.6 Å². The Morgan fingerprint density at radius 3 is 2.03 bits per heavy atom. The predicted octanol–water partition coefficient (Wildman–Crippen LogP) is 3.27. The average Bonchev–Trinajstić information content (AvgIpc) is 2.66. The number of benzene rings is 2. The first-order valence-corrected chi connectivity index (χ1v) is 11.3. The predicted molar refractivity (Wildman–Crippen MR) is 113 cm³/mol. The van der Waals surface area contributed by atoms with Crippen LogP contribution in [-0.4, -0.2) is 33.7 Å². The monoisotopic (exact) mass is 424 g/mol. The van der Waals surface area contributed by atoms with Crippen molar-refractivity contribution in [1.82, 2.24) is 10.0 Å². The van der Waals surface area contributed by atoms with Crippen LogP contribution in [0.15, 0.2) is 42.5 Å². The zero-order chi connectivity index (χ0) is 21.9. The van der Waals surface area contributed by atoms with Crippen molar-refractivity contribution in [2.24, 2.45) is 0 Å². The van der Waals surface area contributed by atoms with E-state index in [0.29, 0.717) is 11.3 Å². The Morgan fingerprint density at radius 2 is 1.59 bits per heavy atom. The number of hydrogen-bond donors (Lipinski definition) is 2. The normalized spacial score (nSPS) is 10.7. The molecule has 6 nitrogen and oxygen atoms in total. The molecule has 0 aromatic heterocycles. The molecule has 0 heterocycles. The Labute approximate surface area is 172 Å². The largest absolute Gasteiger partial charge is 0.489 e. The van der Waals surface area contributed by atoms with Crippen LogP contribution in [-0.2, 0) is 23.1 Å². The molecule has 8 heteroatoms. The number of aryl methyl sites for hydroxylation is 1. The second kappa shape index (κ2) is 12.2. The summed E-state index contributed by atoms with van der Waals surface area (Å²) in [4.78, 5) is 11.7. The third-order valence-electron chi connectivity index (χ3n) is 3.79. The van der Waals surface area contributed by atoms with Gasteiger partial charge in [0.1, 0.15) is 18.2 Å². The number of sulfonamides is 1. The van der Waals surface area contributed by atoms with Gasteiger partial charge in [-0.15, -0.1) is 0 Å². The van der Waals surface area contributed by atoms with E-state index in [0.717, 1.165) is 31.8 Å². The van der Waals surface area contributed by atoms with Crippen LogP contribution in [0.5, 0.6) is 5.75 Å². The van der Waals surface area contributed by atoms with Crippen molar-refractivity contribution in [3.63, 3.8) is 0 Å². The van der Waals surface area contributed by atoms with Crippen molar-refractivity contribution in [2.75, 3.05) is 19.3 Å². The second-order valence-electron chi connectivity index (χ2n) is 6.26. The molecule has 2 rings (SSSR count). The van der Waals surface area contributed by atoms with Crippen LogP contribution in [0.25, 0.3) is 0 Å². The molecule has 0 aliphatic rings. The Hall–Kier alpha value is -2.45. The van der Waals surface area contributed by atoms with Crippen molar-refractivity contribution in [2.45, 2.75) is 33.8 Å². The molecule has 0 aliphatic carbocycles. The smallest absolute Gasteiger partial charge is 0.267 e. The summed E-state index contributed by atoms with van der Waals surface area (Å²) in [7, 11) is -3.74. The highest BCUT2D eigenvalue weighted by atomic mass is 32.2. The fourth-order valence-electron chi connectivity index (χ4n) is 2.29. The zero-order valence-corrected chi connectivity index (χ0v) is 18.1. The summed E-state index contributed by atoms with van der Waals surface area (Å²) in [6, 6.07) is 11.5.